The van der Waals surface area contributed by atoms with Crippen LogP contribution in [0.25, 0.3) is 0 Å². The summed E-state index contributed by atoms with van der Waals surface area (Å²) >= 11 is 0. The second-order valence-electron chi connectivity index (χ2n) is 4.52. The topological polar surface area (TPSA) is 38.3 Å². The molecule has 0 aliphatic heterocycles. The Morgan fingerprint density at radius 1 is 1.35 bits per heavy atom. The van der Waals surface area contributed by atoms with Crippen LogP contribution >= 0.6 is 0 Å². The molecule has 0 fully saturated rings. The van der Waals surface area contributed by atoms with E-state index in [1.165, 1.54) is 11.1 Å². The van der Waals surface area contributed by atoms with Crippen LogP contribution in [0.15, 0.2) is 18.2 Å². The Hall–Kier alpha value is -1.35. The van der Waals surface area contributed by atoms with E-state index in [0.717, 1.165) is 5.56 Å². The Labute approximate surface area is 103 Å². The van der Waals surface area contributed by atoms with Crippen molar-refractivity contribution in [2.75, 3.05) is 13.7 Å². The fourth-order valence-corrected chi connectivity index (χ4v) is 1.72. The van der Waals surface area contributed by atoms with Crippen molar-refractivity contribution in [1.82, 2.24) is 5.32 Å². The highest BCUT2D eigenvalue weighted by atomic mass is 16.5. The average molecular weight is 235 g/mol. The number of amides is 1. The molecule has 1 aromatic carbocycles. The van der Waals surface area contributed by atoms with Crippen LogP contribution in [-0.2, 0) is 16.0 Å². The quantitative estimate of drug-likeness (QED) is 0.847. The smallest absolute Gasteiger partial charge is 0.224 e. The Balaban J connectivity index is 2.53. The van der Waals surface area contributed by atoms with Gasteiger partial charge in [0, 0.05) is 13.2 Å². The first-order valence-electron chi connectivity index (χ1n) is 5.87. The van der Waals surface area contributed by atoms with Crippen molar-refractivity contribution in [3.05, 3.63) is 34.9 Å². The van der Waals surface area contributed by atoms with E-state index in [1.807, 2.05) is 13.0 Å². The number of ether oxygens (including phenoxy) is 1. The SMILES string of the molecule is COCC(C)NC(=O)Cc1ccc(C)c(C)c1. The standard InChI is InChI=1S/C14H21NO2/c1-10-5-6-13(7-11(10)2)8-14(16)15-12(3)9-17-4/h5-7,12H,8-9H2,1-4H3,(H,15,16). The number of carbonyl (C=O) groups excluding carboxylic acids is 1. The molecule has 94 valence electrons. The lowest BCUT2D eigenvalue weighted by Crippen LogP contribution is -2.36. The van der Waals surface area contributed by atoms with Gasteiger partial charge in [-0.25, -0.2) is 0 Å². The molecule has 1 aromatic rings. The summed E-state index contributed by atoms with van der Waals surface area (Å²) in [5.74, 6) is 0.0396. The van der Waals surface area contributed by atoms with E-state index in [-0.39, 0.29) is 11.9 Å². The summed E-state index contributed by atoms with van der Waals surface area (Å²) in [5.41, 5.74) is 3.53. The summed E-state index contributed by atoms with van der Waals surface area (Å²) in [5, 5.41) is 2.90. The van der Waals surface area contributed by atoms with Crippen molar-refractivity contribution in [2.45, 2.75) is 33.2 Å². The molecular weight excluding hydrogens is 214 g/mol. The molecule has 0 bridgehead atoms. The van der Waals surface area contributed by atoms with Gasteiger partial charge in [0.1, 0.15) is 0 Å². The van der Waals surface area contributed by atoms with Crippen molar-refractivity contribution in [2.24, 2.45) is 0 Å². The maximum Gasteiger partial charge on any atom is 0.224 e. The minimum Gasteiger partial charge on any atom is -0.383 e. The van der Waals surface area contributed by atoms with Crippen LogP contribution in [0.1, 0.15) is 23.6 Å². The van der Waals surface area contributed by atoms with Crippen LogP contribution in [0.5, 0.6) is 0 Å². The van der Waals surface area contributed by atoms with Crippen molar-refractivity contribution in [3.8, 4) is 0 Å². The van der Waals surface area contributed by atoms with Gasteiger partial charge in [-0.2, -0.15) is 0 Å². The van der Waals surface area contributed by atoms with Gasteiger partial charge in [-0.05, 0) is 37.5 Å². The van der Waals surface area contributed by atoms with Gasteiger partial charge in [-0.3, -0.25) is 4.79 Å². The number of methoxy groups -OCH3 is 1. The lowest BCUT2D eigenvalue weighted by molar-refractivity contribution is -0.121. The zero-order valence-electron chi connectivity index (χ0n) is 11.0. The predicted molar refractivity (Wildman–Crippen MR) is 69.1 cm³/mol. The van der Waals surface area contributed by atoms with Gasteiger partial charge in [0.05, 0.1) is 13.0 Å². The number of hydrogen-bond acceptors (Lipinski definition) is 2. The molecule has 1 N–H and O–H groups in total. The number of nitrogens with one attached hydrogen (secondary N) is 1. The maximum absolute atomic E-state index is 11.7. The third kappa shape index (κ3) is 4.57. The molecule has 0 saturated carbocycles. The summed E-state index contributed by atoms with van der Waals surface area (Å²) < 4.78 is 4.97. The third-order valence-corrected chi connectivity index (χ3v) is 2.76. The third-order valence-electron chi connectivity index (χ3n) is 2.76. The summed E-state index contributed by atoms with van der Waals surface area (Å²) in [4.78, 5) is 11.7. The number of rotatable bonds is 5. The molecule has 1 amide bonds. The lowest BCUT2D eigenvalue weighted by atomic mass is 10.0. The molecule has 1 atom stereocenters. The molecule has 0 radical (unpaired) electrons. The second kappa shape index (κ2) is 6.40. The van der Waals surface area contributed by atoms with Crippen LogP contribution in [0, 0.1) is 13.8 Å². The summed E-state index contributed by atoms with van der Waals surface area (Å²) in [7, 11) is 1.63. The Kier molecular flexibility index (Phi) is 5.16. The first kappa shape index (κ1) is 13.7. The van der Waals surface area contributed by atoms with Gasteiger partial charge >= 0.3 is 0 Å². The normalized spacial score (nSPS) is 12.2. The fraction of sp³-hybridized carbons (Fsp3) is 0.500. The van der Waals surface area contributed by atoms with Gasteiger partial charge in [-0.15, -0.1) is 0 Å². The van der Waals surface area contributed by atoms with E-state index in [0.29, 0.717) is 13.0 Å². The first-order valence-corrected chi connectivity index (χ1v) is 5.87. The van der Waals surface area contributed by atoms with E-state index in [1.54, 1.807) is 7.11 Å². The van der Waals surface area contributed by atoms with Gasteiger partial charge in [0.15, 0.2) is 0 Å². The van der Waals surface area contributed by atoms with E-state index in [4.69, 9.17) is 4.74 Å². The van der Waals surface area contributed by atoms with Gasteiger partial charge in [0.25, 0.3) is 0 Å². The predicted octanol–water partition coefficient (Wildman–Crippen LogP) is 2.00. The minimum absolute atomic E-state index is 0.0396. The van der Waals surface area contributed by atoms with Crippen molar-refractivity contribution in [1.29, 1.82) is 0 Å². The molecule has 0 heterocycles. The summed E-state index contributed by atoms with van der Waals surface area (Å²) in [6.07, 6.45) is 0.426. The zero-order valence-corrected chi connectivity index (χ0v) is 11.0. The van der Waals surface area contributed by atoms with Crippen LogP contribution in [0.3, 0.4) is 0 Å². The molecule has 0 aliphatic carbocycles. The van der Waals surface area contributed by atoms with Crippen LogP contribution in [0.2, 0.25) is 0 Å². The van der Waals surface area contributed by atoms with Crippen LogP contribution in [-0.4, -0.2) is 25.7 Å². The van der Waals surface area contributed by atoms with E-state index in [2.05, 4.69) is 31.3 Å². The van der Waals surface area contributed by atoms with Crippen LogP contribution < -0.4 is 5.32 Å². The Morgan fingerprint density at radius 3 is 2.65 bits per heavy atom. The zero-order chi connectivity index (χ0) is 12.8. The molecule has 3 nitrogen and oxygen atoms in total. The highest BCUT2D eigenvalue weighted by molar-refractivity contribution is 5.78. The second-order valence-corrected chi connectivity index (χ2v) is 4.52. The van der Waals surface area contributed by atoms with E-state index in [9.17, 15) is 4.79 Å². The highest BCUT2D eigenvalue weighted by Gasteiger charge is 2.08. The summed E-state index contributed by atoms with van der Waals surface area (Å²) in [6, 6.07) is 6.18. The van der Waals surface area contributed by atoms with Crippen molar-refractivity contribution in [3.63, 3.8) is 0 Å². The number of hydrogen-bond donors (Lipinski definition) is 1. The molecule has 0 spiro atoms. The highest BCUT2D eigenvalue weighted by Crippen LogP contribution is 2.10. The molecule has 0 aromatic heterocycles. The number of benzene rings is 1. The monoisotopic (exact) mass is 235 g/mol. The number of carbonyl (C=O) groups is 1. The average Bonchev–Trinajstić information content (AvgIpc) is 2.23. The molecule has 1 unspecified atom stereocenters. The van der Waals surface area contributed by atoms with E-state index < -0.39 is 0 Å². The van der Waals surface area contributed by atoms with Gasteiger partial charge in [-0.1, -0.05) is 18.2 Å². The molecule has 0 saturated heterocycles. The van der Waals surface area contributed by atoms with E-state index >= 15 is 0 Å². The number of aryl methyl sites for hydroxylation is 2. The molecular formula is C14H21NO2. The fourth-order valence-electron chi connectivity index (χ4n) is 1.72. The maximum atomic E-state index is 11.7. The summed E-state index contributed by atoms with van der Waals surface area (Å²) in [6.45, 7) is 6.60. The Bertz CT molecular complexity index is 388. The first-order chi connectivity index (χ1) is 8.02. The molecule has 17 heavy (non-hydrogen) atoms. The largest absolute Gasteiger partial charge is 0.383 e. The van der Waals surface area contributed by atoms with Gasteiger partial charge < -0.3 is 10.1 Å². The minimum atomic E-state index is 0.0396. The van der Waals surface area contributed by atoms with Crippen molar-refractivity contribution >= 4 is 5.91 Å². The molecule has 3 heteroatoms. The van der Waals surface area contributed by atoms with Gasteiger partial charge in [0.2, 0.25) is 5.91 Å². The molecule has 0 aliphatic rings. The van der Waals surface area contributed by atoms with Crippen LogP contribution in [0.4, 0.5) is 0 Å². The molecule has 1 rings (SSSR count). The lowest BCUT2D eigenvalue weighted by Gasteiger charge is -2.13. The van der Waals surface area contributed by atoms with Crippen molar-refractivity contribution < 1.29 is 9.53 Å². The Morgan fingerprint density at radius 2 is 2.06 bits per heavy atom.